The zero-order valence-electron chi connectivity index (χ0n) is 11.5. The molecule has 0 atom stereocenters. The maximum Gasteiger partial charge on any atom is 0.179 e. The lowest BCUT2D eigenvalue weighted by atomic mass is 10.2. The Kier molecular flexibility index (Phi) is 5.31. The van der Waals surface area contributed by atoms with Gasteiger partial charge < -0.3 is 14.8 Å². The second kappa shape index (κ2) is 7.00. The minimum absolute atomic E-state index is 0.300. The van der Waals surface area contributed by atoms with Crippen molar-refractivity contribution in [1.29, 1.82) is 0 Å². The number of methoxy groups -OCH3 is 2. The van der Waals surface area contributed by atoms with Crippen LogP contribution in [0.3, 0.4) is 0 Å². The summed E-state index contributed by atoms with van der Waals surface area (Å²) in [7, 11) is 3.08. The van der Waals surface area contributed by atoms with E-state index in [1.54, 1.807) is 19.2 Å². The molecule has 0 amide bonds. The summed E-state index contributed by atoms with van der Waals surface area (Å²) in [6, 6.07) is 8.07. The van der Waals surface area contributed by atoms with Crippen LogP contribution in [0.5, 0.6) is 11.5 Å². The molecule has 0 aromatic heterocycles. The Bertz CT molecular complexity index is 652. The summed E-state index contributed by atoms with van der Waals surface area (Å²) in [5, 5.41) is 3.61. The van der Waals surface area contributed by atoms with Gasteiger partial charge in [0, 0.05) is 11.0 Å². The number of hydrogen-bond donors (Lipinski definition) is 1. The molecule has 3 nitrogen and oxygen atoms in total. The Morgan fingerprint density at radius 1 is 1.19 bits per heavy atom. The first-order valence-corrected chi connectivity index (χ1v) is 7.31. The molecule has 0 saturated carbocycles. The monoisotopic (exact) mass is 373 g/mol. The fraction of sp³-hybridized carbons (Fsp3) is 0.200. The third-order valence-electron chi connectivity index (χ3n) is 2.90. The normalized spacial score (nSPS) is 10.3. The third kappa shape index (κ3) is 3.80. The number of benzene rings is 2. The van der Waals surface area contributed by atoms with Crippen LogP contribution >= 0.6 is 27.5 Å². The van der Waals surface area contributed by atoms with Crippen LogP contribution < -0.4 is 14.8 Å². The Hall–Kier alpha value is -1.46. The number of hydrogen-bond acceptors (Lipinski definition) is 3. The average Bonchev–Trinajstić information content (AvgIpc) is 2.47. The zero-order chi connectivity index (χ0) is 15.4. The number of ether oxygens (including phenoxy) is 2. The first kappa shape index (κ1) is 15.9. The molecule has 0 spiro atoms. The molecule has 0 aliphatic carbocycles. The van der Waals surface area contributed by atoms with Crippen molar-refractivity contribution in [2.45, 2.75) is 6.54 Å². The van der Waals surface area contributed by atoms with Crippen LogP contribution in [-0.2, 0) is 6.54 Å². The number of nitrogens with one attached hydrogen (secondary N) is 1. The molecule has 0 bridgehead atoms. The molecule has 2 rings (SSSR count). The molecule has 2 aromatic carbocycles. The van der Waals surface area contributed by atoms with Gasteiger partial charge in [0.15, 0.2) is 11.5 Å². The van der Waals surface area contributed by atoms with E-state index in [4.69, 9.17) is 21.1 Å². The summed E-state index contributed by atoms with van der Waals surface area (Å²) in [5.41, 5.74) is 1.56. The molecule has 0 unspecified atom stereocenters. The van der Waals surface area contributed by atoms with E-state index in [1.807, 2.05) is 6.07 Å². The van der Waals surface area contributed by atoms with Crippen molar-refractivity contribution in [3.8, 4) is 11.5 Å². The summed E-state index contributed by atoms with van der Waals surface area (Å²) in [5.74, 6) is 0.751. The highest BCUT2D eigenvalue weighted by molar-refractivity contribution is 9.10. The molecule has 0 fully saturated rings. The van der Waals surface area contributed by atoms with Crippen LogP contribution in [-0.4, -0.2) is 14.2 Å². The SMILES string of the molecule is COc1cc(CNc2cc(F)ccc2Br)cc(Cl)c1OC. The number of anilines is 1. The highest BCUT2D eigenvalue weighted by Gasteiger charge is 2.11. The maximum atomic E-state index is 13.2. The largest absolute Gasteiger partial charge is 0.493 e. The Labute approximate surface area is 136 Å². The Morgan fingerprint density at radius 2 is 1.95 bits per heavy atom. The summed E-state index contributed by atoms with van der Waals surface area (Å²) >= 11 is 9.52. The van der Waals surface area contributed by atoms with Crippen molar-refractivity contribution >= 4 is 33.2 Å². The van der Waals surface area contributed by atoms with E-state index >= 15 is 0 Å². The predicted molar refractivity (Wildman–Crippen MR) is 86.0 cm³/mol. The minimum Gasteiger partial charge on any atom is -0.493 e. The molecule has 0 aliphatic heterocycles. The molecule has 0 heterocycles. The van der Waals surface area contributed by atoms with Crippen molar-refractivity contribution in [2.24, 2.45) is 0 Å². The predicted octanol–water partition coefficient (Wildman–Crippen LogP) is 4.87. The third-order valence-corrected chi connectivity index (χ3v) is 3.88. The minimum atomic E-state index is -0.300. The average molecular weight is 375 g/mol. The standard InChI is InChI=1S/C15H14BrClFNO2/c1-20-14-6-9(5-12(17)15(14)21-2)8-19-13-7-10(18)3-4-11(13)16/h3-7,19H,8H2,1-2H3. The zero-order valence-corrected chi connectivity index (χ0v) is 13.9. The first-order chi connectivity index (χ1) is 10.0. The van der Waals surface area contributed by atoms with Gasteiger partial charge >= 0.3 is 0 Å². The van der Waals surface area contributed by atoms with Crippen LogP contribution in [0.2, 0.25) is 5.02 Å². The van der Waals surface area contributed by atoms with Gasteiger partial charge in [0.1, 0.15) is 5.82 Å². The van der Waals surface area contributed by atoms with E-state index in [-0.39, 0.29) is 5.82 Å². The van der Waals surface area contributed by atoms with Crippen molar-refractivity contribution in [3.63, 3.8) is 0 Å². The van der Waals surface area contributed by atoms with E-state index in [0.29, 0.717) is 28.8 Å². The quantitative estimate of drug-likeness (QED) is 0.810. The van der Waals surface area contributed by atoms with Crippen LogP contribution in [0.25, 0.3) is 0 Å². The molecule has 0 aliphatic rings. The second-order valence-corrected chi connectivity index (χ2v) is 5.55. The highest BCUT2D eigenvalue weighted by Crippen LogP contribution is 2.36. The van der Waals surface area contributed by atoms with Crippen LogP contribution in [0.4, 0.5) is 10.1 Å². The van der Waals surface area contributed by atoms with Gasteiger partial charge in [-0.3, -0.25) is 0 Å². The molecule has 0 radical (unpaired) electrons. The van der Waals surface area contributed by atoms with E-state index < -0.39 is 0 Å². The lowest BCUT2D eigenvalue weighted by Crippen LogP contribution is -2.02. The smallest absolute Gasteiger partial charge is 0.179 e. The molecular formula is C15H14BrClFNO2. The fourth-order valence-electron chi connectivity index (χ4n) is 1.90. The first-order valence-electron chi connectivity index (χ1n) is 6.14. The molecule has 6 heteroatoms. The summed E-state index contributed by atoms with van der Waals surface area (Å²) < 4.78 is 24.5. The summed E-state index contributed by atoms with van der Waals surface area (Å²) in [6.45, 7) is 0.474. The van der Waals surface area contributed by atoms with Crippen LogP contribution in [0.15, 0.2) is 34.8 Å². The van der Waals surface area contributed by atoms with E-state index in [0.717, 1.165) is 10.0 Å². The van der Waals surface area contributed by atoms with Gasteiger partial charge in [-0.2, -0.15) is 0 Å². The van der Waals surface area contributed by atoms with Crippen molar-refractivity contribution < 1.29 is 13.9 Å². The van der Waals surface area contributed by atoms with Gasteiger partial charge in [0.2, 0.25) is 0 Å². The van der Waals surface area contributed by atoms with Gasteiger partial charge in [-0.15, -0.1) is 0 Å². The highest BCUT2D eigenvalue weighted by atomic mass is 79.9. The van der Waals surface area contributed by atoms with Crippen molar-refractivity contribution in [1.82, 2.24) is 0 Å². The van der Waals surface area contributed by atoms with Gasteiger partial charge in [-0.25, -0.2) is 4.39 Å². The van der Waals surface area contributed by atoms with Crippen LogP contribution in [0, 0.1) is 5.82 Å². The number of rotatable bonds is 5. The molecule has 1 N–H and O–H groups in total. The summed E-state index contributed by atoms with van der Waals surface area (Å²) in [4.78, 5) is 0. The van der Waals surface area contributed by atoms with Gasteiger partial charge in [-0.05, 0) is 51.8 Å². The van der Waals surface area contributed by atoms with E-state index in [1.165, 1.54) is 19.2 Å². The molecule has 112 valence electrons. The van der Waals surface area contributed by atoms with Gasteiger partial charge in [0.05, 0.1) is 24.9 Å². The molecule has 21 heavy (non-hydrogen) atoms. The lowest BCUT2D eigenvalue weighted by molar-refractivity contribution is 0.355. The molecular weight excluding hydrogens is 361 g/mol. The van der Waals surface area contributed by atoms with Gasteiger partial charge in [-0.1, -0.05) is 11.6 Å². The van der Waals surface area contributed by atoms with Gasteiger partial charge in [0.25, 0.3) is 0 Å². The van der Waals surface area contributed by atoms with Crippen molar-refractivity contribution in [2.75, 3.05) is 19.5 Å². The van der Waals surface area contributed by atoms with Crippen molar-refractivity contribution in [3.05, 3.63) is 51.2 Å². The Balaban J connectivity index is 2.20. The number of halogens is 3. The molecule has 2 aromatic rings. The maximum absolute atomic E-state index is 13.2. The summed E-state index contributed by atoms with van der Waals surface area (Å²) in [6.07, 6.45) is 0. The van der Waals surface area contributed by atoms with Crippen LogP contribution in [0.1, 0.15) is 5.56 Å². The second-order valence-electron chi connectivity index (χ2n) is 4.29. The fourth-order valence-corrected chi connectivity index (χ4v) is 2.60. The molecule has 0 saturated heterocycles. The topological polar surface area (TPSA) is 30.5 Å². The van der Waals surface area contributed by atoms with E-state index in [9.17, 15) is 4.39 Å². The van der Waals surface area contributed by atoms with E-state index in [2.05, 4.69) is 21.2 Å². The Morgan fingerprint density at radius 3 is 2.62 bits per heavy atom. The lowest BCUT2D eigenvalue weighted by Gasteiger charge is -2.13.